The van der Waals surface area contributed by atoms with Crippen LogP contribution in [-0.2, 0) is 16.2 Å². The normalized spacial score (nSPS) is 13.0. The van der Waals surface area contributed by atoms with Gasteiger partial charge in [-0.1, -0.05) is 466 Å². The molecule has 3 aliphatic carbocycles. The number of hydrogen-bond donors (Lipinski definition) is 0. The van der Waals surface area contributed by atoms with Crippen LogP contribution in [0, 0.1) is 0 Å². The molecule has 0 aliphatic heterocycles. The van der Waals surface area contributed by atoms with Crippen LogP contribution < -0.4 is 0 Å². The number of nitrogens with zero attached hydrogens (tertiary/aromatic N) is 9. The van der Waals surface area contributed by atoms with Crippen LogP contribution in [0.3, 0.4) is 0 Å². The van der Waals surface area contributed by atoms with Gasteiger partial charge in [0, 0.05) is 77.1 Å². The molecule has 0 bridgehead atoms. The Morgan fingerprint density at radius 1 is 0.155 bits per heavy atom. The van der Waals surface area contributed by atoms with Crippen molar-refractivity contribution in [1.29, 1.82) is 0 Å². The second-order valence-corrected chi connectivity index (χ2v) is 38.5. The van der Waals surface area contributed by atoms with Crippen molar-refractivity contribution in [3.8, 4) is 180 Å². The van der Waals surface area contributed by atoms with Gasteiger partial charge in [-0.25, -0.2) is 44.9 Å². The number of benzene rings is 20. The summed E-state index contributed by atoms with van der Waals surface area (Å²) in [5.74, 6) is 5.87. The van der Waals surface area contributed by atoms with E-state index in [-0.39, 0.29) is 16.2 Å². The quantitative estimate of drug-likeness (QED) is 0.110. The second kappa shape index (κ2) is 34.9. The van der Waals surface area contributed by atoms with Gasteiger partial charge in [0.2, 0.25) is 0 Å². The van der Waals surface area contributed by atoms with Crippen LogP contribution in [0.4, 0.5) is 0 Å². The van der Waals surface area contributed by atoms with Gasteiger partial charge in [-0.3, -0.25) is 0 Å². The van der Waals surface area contributed by atoms with E-state index in [4.69, 9.17) is 49.3 Å². The molecule has 0 saturated heterocycles. The maximum absolute atomic E-state index is 6.23. The highest BCUT2D eigenvalue weighted by atomic mass is 16.3. The summed E-state index contributed by atoms with van der Waals surface area (Å²) in [7, 11) is 0. The first-order chi connectivity index (χ1) is 69.7. The molecule has 20 aromatic carbocycles. The molecule has 142 heavy (non-hydrogen) atoms. The minimum absolute atomic E-state index is 0.167. The van der Waals surface area contributed by atoms with Gasteiger partial charge < -0.3 is 4.42 Å². The van der Waals surface area contributed by atoms with Crippen molar-refractivity contribution in [2.45, 2.75) is 57.8 Å². The Labute approximate surface area is 824 Å². The number of rotatable bonds is 13. The predicted molar refractivity (Wildman–Crippen MR) is 583 cm³/mol. The largest absolute Gasteiger partial charge is 0.456 e. The topological polar surface area (TPSA) is 129 Å². The first-order valence-electron chi connectivity index (χ1n) is 48.5. The van der Waals surface area contributed by atoms with E-state index >= 15 is 0 Å². The van der Waals surface area contributed by atoms with Gasteiger partial charge in [-0.15, -0.1) is 0 Å². The molecule has 0 spiro atoms. The molecule has 672 valence electrons. The Bertz CT molecular complexity index is 9010. The molecule has 4 heterocycles. The van der Waals surface area contributed by atoms with Crippen molar-refractivity contribution in [3.05, 3.63) is 488 Å². The second-order valence-electron chi connectivity index (χ2n) is 38.5. The molecule has 0 N–H and O–H groups in total. The van der Waals surface area contributed by atoms with Gasteiger partial charge in [0.15, 0.2) is 52.4 Å². The van der Waals surface area contributed by atoms with E-state index in [1.165, 1.54) is 110 Å². The summed E-state index contributed by atoms with van der Waals surface area (Å²) in [4.78, 5) is 46.5. The summed E-state index contributed by atoms with van der Waals surface area (Å²) in [5, 5.41) is 9.81. The van der Waals surface area contributed by atoms with Crippen LogP contribution in [0.15, 0.2) is 459 Å². The molecule has 0 unspecified atom stereocenters. The van der Waals surface area contributed by atoms with Crippen molar-refractivity contribution in [3.63, 3.8) is 0 Å². The van der Waals surface area contributed by atoms with E-state index in [1.807, 2.05) is 91.0 Å². The fourth-order valence-electron chi connectivity index (χ4n) is 22.2. The summed E-state index contributed by atoms with van der Waals surface area (Å²) in [6.07, 6.45) is 0. The zero-order valence-electron chi connectivity index (χ0n) is 79.2. The number of furan rings is 1. The van der Waals surface area contributed by atoms with Gasteiger partial charge in [-0.05, 0) is 174 Å². The molecule has 0 fully saturated rings. The highest BCUT2D eigenvalue weighted by molar-refractivity contribution is 6.09. The van der Waals surface area contributed by atoms with Gasteiger partial charge in [0.1, 0.15) is 11.2 Å². The summed E-state index contributed by atoms with van der Waals surface area (Å²) >= 11 is 0. The van der Waals surface area contributed by atoms with E-state index < -0.39 is 0 Å². The fourth-order valence-corrected chi connectivity index (χ4v) is 22.2. The SMILES string of the molecule is CC1(C)c2cccc(-c3nc(-c4cccc(-c5ccccc5)c4)nc(-c4cccc(-c5ccccc5)c4)n3)c2-c2ccc3c(-c4ccccc4)cccc3c21.CC1(C)c2cccc(-c3nc(-c4ccccc4)nc(-c4ccc5c(c4)oc4ccccc45)n3)c2-c2ccc3ccccc3c21.CC1(C)c2cccc(-c3nc(-c4ccccc4)nc(-c4ccccc4-c4ccccc4)n3)c2-c2ccc3ccccc3c21. The summed E-state index contributed by atoms with van der Waals surface area (Å²) < 4.78 is 6.23. The molecule has 0 amide bonds. The molecular weight excluding hydrogens is 1730 g/mol. The number of para-hydroxylation sites is 1. The molecule has 10 nitrogen and oxygen atoms in total. The molecule has 24 aromatic rings. The molecule has 10 heteroatoms. The Balaban J connectivity index is 0.000000113. The first-order valence-corrected chi connectivity index (χ1v) is 48.5. The Hall–Kier alpha value is -18.0. The number of hydrogen-bond acceptors (Lipinski definition) is 10. The van der Waals surface area contributed by atoms with E-state index in [2.05, 4.69) is 406 Å². The highest BCUT2D eigenvalue weighted by Crippen LogP contribution is 2.59. The Morgan fingerprint density at radius 2 is 0.437 bits per heavy atom. The lowest BCUT2D eigenvalue weighted by molar-refractivity contribution is 0.666. The van der Waals surface area contributed by atoms with Crippen LogP contribution in [0.2, 0.25) is 0 Å². The van der Waals surface area contributed by atoms with Crippen molar-refractivity contribution in [2.24, 2.45) is 0 Å². The van der Waals surface area contributed by atoms with Crippen molar-refractivity contribution in [1.82, 2.24) is 44.9 Å². The maximum Gasteiger partial charge on any atom is 0.164 e. The van der Waals surface area contributed by atoms with Crippen molar-refractivity contribution in [2.75, 3.05) is 0 Å². The zero-order valence-corrected chi connectivity index (χ0v) is 79.2. The maximum atomic E-state index is 6.23. The lowest BCUT2D eigenvalue weighted by Gasteiger charge is -2.24. The fraction of sp³-hybridized carbons (Fsp3) is 0.0682. The Kier molecular flexibility index (Phi) is 21.1. The molecule has 4 aromatic heterocycles. The average Bonchev–Trinajstić information content (AvgIpc) is 1.55. The lowest BCUT2D eigenvalue weighted by atomic mass is 9.79. The highest BCUT2D eigenvalue weighted by Gasteiger charge is 2.43. The van der Waals surface area contributed by atoms with Crippen LogP contribution in [0.25, 0.3) is 235 Å². The molecule has 27 rings (SSSR count). The van der Waals surface area contributed by atoms with Crippen molar-refractivity contribution < 1.29 is 4.42 Å². The van der Waals surface area contributed by atoms with E-state index in [1.54, 1.807) is 0 Å². The predicted octanol–water partition coefficient (Wildman–Crippen LogP) is 33.6. The third-order valence-corrected chi connectivity index (χ3v) is 28.9. The van der Waals surface area contributed by atoms with Gasteiger partial charge in [0.25, 0.3) is 0 Å². The van der Waals surface area contributed by atoms with Gasteiger partial charge in [0.05, 0.1) is 0 Å². The monoisotopic (exact) mass is 1820 g/mol. The molecule has 0 saturated carbocycles. The van der Waals surface area contributed by atoms with Crippen LogP contribution >= 0.6 is 0 Å². The third-order valence-electron chi connectivity index (χ3n) is 28.9. The third kappa shape index (κ3) is 14.9. The minimum atomic E-state index is -0.248. The molecular formula is C132H93N9O. The molecule has 3 aliphatic rings. The van der Waals surface area contributed by atoms with Crippen LogP contribution in [0.5, 0.6) is 0 Å². The van der Waals surface area contributed by atoms with Crippen LogP contribution in [-0.4, -0.2) is 44.9 Å². The summed E-state index contributed by atoms with van der Waals surface area (Å²) in [6.45, 7) is 14.0. The average molecular weight is 1820 g/mol. The Morgan fingerprint density at radius 3 is 0.894 bits per heavy atom. The summed E-state index contributed by atoms with van der Waals surface area (Å²) in [6, 6.07) is 160. The zero-order chi connectivity index (χ0) is 95.3. The lowest BCUT2D eigenvalue weighted by Crippen LogP contribution is -2.15. The van der Waals surface area contributed by atoms with Crippen LogP contribution in [0.1, 0.15) is 74.9 Å². The van der Waals surface area contributed by atoms with Crippen molar-refractivity contribution >= 4 is 54.3 Å². The smallest absolute Gasteiger partial charge is 0.164 e. The van der Waals surface area contributed by atoms with E-state index in [0.29, 0.717) is 52.4 Å². The van der Waals surface area contributed by atoms with E-state index in [9.17, 15) is 0 Å². The summed E-state index contributed by atoms with van der Waals surface area (Å²) in [5.41, 5.74) is 34.2. The number of fused-ring (bicyclic) bond motifs is 18. The minimum Gasteiger partial charge on any atom is -0.456 e. The number of aromatic nitrogens is 9. The first kappa shape index (κ1) is 85.7. The standard InChI is InChI=1S/C52H37N3.C40H27N3O.C40H29N3/c1-52(2)46-29-15-28-45(47(46)44-31-30-42-41(36-20-10-5-11-21-36)26-14-27-43(42)48(44)52)51-54-49(39-24-12-22-37(32-39)34-16-6-3-7-17-34)53-50(55-51)40-25-13-23-38(33-40)35-18-8-4-9-19-35;1-40(2)32-17-10-16-31(35(32)30-22-19-24-11-6-7-14-27(24)36(30)40)39-42-37(25-12-4-3-5-13-25)41-38(43-39)26-20-21-29-28-15-8-9-18-33(28)44-34(29)23-26;1-40(2)34-23-13-22-33(35(34)32-25-24-27-16-9-10-20-30(27)36(32)40)39-42-37(28-17-7-4-8-18-28)41-38(43-39)31-21-12-11-19-29(31)26-14-5-3-6-15-26/h3-33H,1-2H3;3-23H,1-2H3;3-25H,1-2H3. The van der Waals surface area contributed by atoms with E-state index in [0.717, 1.165) is 105 Å². The van der Waals surface area contributed by atoms with Gasteiger partial charge >= 0.3 is 0 Å². The molecule has 0 radical (unpaired) electrons. The van der Waals surface area contributed by atoms with Gasteiger partial charge in [-0.2, -0.15) is 0 Å². The molecule has 0 atom stereocenters.